The second-order valence-corrected chi connectivity index (χ2v) is 5.69. The third-order valence-electron chi connectivity index (χ3n) is 4.06. The minimum Gasteiger partial charge on any atom is -0.337 e. The molecule has 2 aliphatic rings. The van der Waals surface area contributed by atoms with E-state index in [1.165, 1.54) is 0 Å². The van der Waals surface area contributed by atoms with Crippen LogP contribution in [0.25, 0.3) is 0 Å². The van der Waals surface area contributed by atoms with Crippen molar-refractivity contribution in [1.82, 2.24) is 4.90 Å². The van der Waals surface area contributed by atoms with Crippen LogP contribution in [0, 0.1) is 0 Å². The van der Waals surface area contributed by atoms with E-state index in [0.717, 1.165) is 24.2 Å². The number of rotatable bonds is 3. The van der Waals surface area contributed by atoms with Crippen molar-refractivity contribution in [2.75, 3.05) is 0 Å². The molecule has 0 aromatic heterocycles. The number of halogens is 6. The molecule has 2 rings (SSSR count). The van der Waals surface area contributed by atoms with Gasteiger partial charge in [0.25, 0.3) is 6.10 Å². The number of carbonyl (C=O) groups excluding carboxylic acids is 1. The van der Waals surface area contributed by atoms with E-state index in [9.17, 15) is 31.1 Å². The third kappa shape index (κ3) is 3.85. The van der Waals surface area contributed by atoms with Gasteiger partial charge in [0.2, 0.25) is 5.91 Å². The van der Waals surface area contributed by atoms with Crippen molar-refractivity contribution in [3.05, 3.63) is 0 Å². The van der Waals surface area contributed by atoms with Crippen LogP contribution >= 0.6 is 0 Å². The Morgan fingerprint density at radius 2 is 1.50 bits per heavy atom. The highest BCUT2D eigenvalue weighted by atomic mass is 19.4. The van der Waals surface area contributed by atoms with Gasteiger partial charge < -0.3 is 9.64 Å². The number of amides is 1. The fourth-order valence-electron chi connectivity index (χ4n) is 3.10. The Morgan fingerprint density at radius 1 is 0.955 bits per heavy atom. The molecule has 1 aliphatic heterocycles. The molecule has 0 aromatic rings. The van der Waals surface area contributed by atoms with Gasteiger partial charge in [-0.1, -0.05) is 19.3 Å². The van der Waals surface area contributed by atoms with Crippen LogP contribution in [0.2, 0.25) is 0 Å². The van der Waals surface area contributed by atoms with E-state index in [1.807, 2.05) is 0 Å². The molecule has 1 saturated heterocycles. The molecule has 1 atom stereocenters. The van der Waals surface area contributed by atoms with Crippen LogP contribution in [-0.4, -0.2) is 41.5 Å². The number of likely N-dealkylation sites (tertiary alicyclic amines) is 1. The summed E-state index contributed by atoms with van der Waals surface area (Å²) < 4.78 is 79.9. The van der Waals surface area contributed by atoms with Crippen molar-refractivity contribution in [3.63, 3.8) is 0 Å². The van der Waals surface area contributed by atoms with E-state index >= 15 is 0 Å². The molecule has 22 heavy (non-hydrogen) atoms. The van der Waals surface area contributed by atoms with Gasteiger partial charge in [-0.2, -0.15) is 26.3 Å². The van der Waals surface area contributed by atoms with Crippen molar-refractivity contribution < 1.29 is 35.9 Å². The average molecular weight is 333 g/mol. The summed E-state index contributed by atoms with van der Waals surface area (Å²) in [4.78, 5) is 12.9. The highest BCUT2D eigenvalue weighted by Crippen LogP contribution is 2.39. The molecule has 1 amide bonds. The van der Waals surface area contributed by atoms with E-state index in [4.69, 9.17) is 0 Å². The fraction of sp³-hybridized carbons (Fsp3) is 0.923. The van der Waals surface area contributed by atoms with E-state index in [-0.39, 0.29) is 18.9 Å². The van der Waals surface area contributed by atoms with Crippen LogP contribution in [-0.2, 0) is 9.53 Å². The zero-order valence-corrected chi connectivity index (χ0v) is 11.7. The summed E-state index contributed by atoms with van der Waals surface area (Å²) in [5, 5.41) is 0. The Labute approximate surface area is 123 Å². The molecule has 0 aromatic carbocycles. The summed E-state index contributed by atoms with van der Waals surface area (Å²) in [7, 11) is 0. The van der Waals surface area contributed by atoms with Crippen LogP contribution in [0.3, 0.4) is 0 Å². The molecule has 1 saturated carbocycles. The van der Waals surface area contributed by atoms with Gasteiger partial charge in [-0.15, -0.1) is 0 Å². The molecule has 0 radical (unpaired) electrons. The first-order chi connectivity index (χ1) is 10.1. The van der Waals surface area contributed by atoms with Crippen molar-refractivity contribution in [2.24, 2.45) is 0 Å². The first-order valence-corrected chi connectivity index (χ1v) is 7.21. The second kappa shape index (κ2) is 6.25. The molecular weight excluding hydrogens is 316 g/mol. The Bertz CT molecular complexity index is 388. The summed E-state index contributed by atoms with van der Waals surface area (Å²) in [6.07, 6.45) is -12.9. The highest BCUT2D eigenvalue weighted by molar-refractivity contribution is 5.78. The maximum Gasteiger partial charge on any atom is 0.423 e. The van der Waals surface area contributed by atoms with Crippen LogP contribution in [0.1, 0.15) is 44.9 Å². The van der Waals surface area contributed by atoms with Crippen molar-refractivity contribution in [3.8, 4) is 0 Å². The Morgan fingerprint density at radius 3 is 2.00 bits per heavy atom. The Hall–Kier alpha value is -0.990. The Balaban J connectivity index is 2.13. The number of hydrogen-bond acceptors (Lipinski definition) is 2. The lowest BCUT2D eigenvalue weighted by molar-refractivity contribution is -0.339. The van der Waals surface area contributed by atoms with Crippen molar-refractivity contribution in [2.45, 2.75) is 75.7 Å². The van der Waals surface area contributed by atoms with Crippen molar-refractivity contribution in [1.29, 1.82) is 0 Å². The van der Waals surface area contributed by atoms with Crippen LogP contribution < -0.4 is 0 Å². The van der Waals surface area contributed by atoms with Crippen LogP contribution in [0.4, 0.5) is 26.3 Å². The van der Waals surface area contributed by atoms with E-state index in [0.29, 0.717) is 12.8 Å². The van der Waals surface area contributed by atoms with Gasteiger partial charge in [-0.05, 0) is 12.8 Å². The highest BCUT2D eigenvalue weighted by Gasteiger charge is 2.59. The molecule has 0 bridgehead atoms. The molecule has 2 fully saturated rings. The van der Waals surface area contributed by atoms with Gasteiger partial charge in [0, 0.05) is 18.9 Å². The van der Waals surface area contributed by atoms with Gasteiger partial charge >= 0.3 is 12.4 Å². The first-order valence-electron chi connectivity index (χ1n) is 7.21. The number of carbonyl (C=O) groups is 1. The van der Waals surface area contributed by atoms with E-state index < -0.39 is 30.6 Å². The zero-order valence-electron chi connectivity index (χ0n) is 11.7. The predicted octanol–water partition coefficient (Wildman–Crippen LogP) is 3.78. The minimum absolute atomic E-state index is 0.0798. The largest absolute Gasteiger partial charge is 0.423 e. The molecular formula is C13H17F6NO2. The fourth-order valence-corrected chi connectivity index (χ4v) is 3.10. The molecule has 0 N–H and O–H groups in total. The topological polar surface area (TPSA) is 29.5 Å². The Kier molecular flexibility index (Phi) is 4.93. The van der Waals surface area contributed by atoms with E-state index in [1.54, 1.807) is 0 Å². The standard InChI is InChI=1S/C13H17F6NO2/c14-12(15,16)11(13(17,18)19)22-10-7-6-9(21)20(10)8-4-2-1-3-5-8/h8,10-11H,1-7H2. The predicted molar refractivity (Wildman–Crippen MR) is 63.7 cm³/mol. The zero-order chi connectivity index (χ0) is 16.5. The lowest BCUT2D eigenvalue weighted by atomic mass is 9.94. The van der Waals surface area contributed by atoms with Gasteiger partial charge in [-0.3, -0.25) is 4.79 Å². The second-order valence-electron chi connectivity index (χ2n) is 5.69. The molecule has 0 spiro atoms. The van der Waals surface area contributed by atoms with Gasteiger partial charge in [0.05, 0.1) is 0 Å². The molecule has 3 nitrogen and oxygen atoms in total. The lowest BCUT2D eigenvalue weighted by Crippen LogP contribution is -2.51. The van der Waals surface area contributed by atoms with Crippen molar-refractivity contribution >= 4 is 5.91 Å². The third-order valence-corrected chi connectivity index (χ3v) is 4.06. The number of ether oxygens (including phenoxy) is 1. The summed E-state index contributed by atoms with van der Waals surface area (Å²) in [5.74, 6) is -0.431. The van der Waals surface area contributed by atoms with Gasteiger partial charge in [-0.25, -0.2) is 0 Å². The van der Waals surface area contributed by atoms with Crippen LogP contribution in [0.15, 0.2) is 0 Å². The molecule has 9 heteroatoms. The maximum atomic E-state index is 12.6. The molecule has 1 heterocycles. The lowest BCUT2D eigenvalue weighted by Gasteiger charge is -2.37. The van der Waals surface area contributed by atoms with Crippen LogP contribution in [0.5, 0.6) is 0 Å². The molecule has 128 valence electrons. The summed E-state index contributed by atoms with van der Waals surface area (Å²) in [6, 6.07) is -0.323. The number of alkyl halides is 6. The number of nitrogens with zero attached hydrogens (tertiary/aromatic N) is 1. The van der Waals surface area contributed by atoms with E-state index in [2.05, 4.69) is 4.74 Å². The van der Waals surface area contributed by atoms with Gasteiger partial charge in [0.15, 0.2) is 0 Å². The molecule has 1 aliphatic carbocycles. The smallest absolute Gasteiger partial charge is 0.337 e. The normalized spacial score (nSPS) is 25.3. The van der Waals surface area contributed by atoms with Gasteiger partial charge in [0.1, 0.15) is 6.23 Å². The number of hydrogen-bond donors (Lipinski definition) is 0. The maximum absolute atomic E-state index is 12.6. The summed E-state index contributed by atoms with van der Waals surface area (Å²) in [6.45, 7) is 0. The SMILES string of the molecule is O=C1CCC(OC(C(F)(F)F)C(F)(F)F)N1C1CCCCC1. The first kappa shape index (κ1) is 17.4. The summed E-state index contributed by atoms with van der Waals surface area (Å²) >= 11 is 0. The quantitative estimate of drug-likeness (QED) is 0.736. The average Bonchev–Trinajstić information content (AvgIpc) is 2.75. The summed E-state index contributed by atoms with van der Waals surface area (Å²) in [5.41, 5.74) is 0. The monoisotopic (exact) mass is 333 g/mol. The molecule has 1 unspecified atom stereocenters. The minimum atomic E-state index is -5.55.